The number of hydrogen-bond acceptors (Lipinski definition) is 6. The number of ether oxygens (including phenoxy) is 1. The molecule has 112 valence electrons. The number of nitrogen functional groups attached to an aromatic ring is 1. The standard InChI is InChI=1S/C10H12F3N3O4/c11-10(12,13)4-2-16(9(19)15-8(4)14)7-1-5(18)6(3-17)20-7/h2,5-7,17-18H,1,3H2,(H2,14,15,19)/t5-,6+,7+/m1/s1. The van der Waals surface area contributed by atoms with Gasteiger partial charge in [-0.05, 0) is 0 Å². The van der Waals surface area contributed by atoms with E-state index in [4.69, 9.17) is 15.6 Å². The highest BCUT2D eigenvalue weighted by molar-refractivity contribution is 5.39. The van der Waals surface area contributed by atoms with Gasteiger partial charge in [0, 0.05) is 12.6 Å². The van der Waals surface area contributed by atoms with Gasteiger partial charge in [-0.1, -0.05) is 0 Å². The maximum Gasteiger partial charge on any atom is 0.421 e. The van der Waals surface area contributed by atoms with Crippen molar-refractivity contribution in [2.24, 2.45) is 0 Å². The Morgan fingerprint density at radius 3 is 2.70 bits per heavy atom. The van der Waals surface area contributed by atoms with Crippen LogP contribution in [-0.2, 0) is 10.9 Å². The van der Waals surface area contributed by atoms with Crippen LogP contribution >= 0.6 is 0 Å². The van der Waals surface area contributed by atoms with Crippen LogP contribution < -0.4 is 11.4 Å². The van der Waals surface area contributed by atoms with Crippen molar-refractivity contribution in [1.82, 2.24) is 9.55 Å². The van der Waals surface area contributed by atoms with Crippen molar-refractivity contribution < 1.29 is 28.1 Å². The van der Waals surface area contributed by atoms with Gasteiger partial charge in [0.25, 0.3) is 0 Å². The van der Waals surface area contributed by atoms with Crippen molar-refractivity contribution in [2.45, 2.75) is 31.0 Å². The molecule has 3 atom stereocenters. The molecule has 0 unspecified atom stereocenters. The Labute approximate surface area is 110 Å². The van der Waals surface area contributed by atoms with Crippen LogP contribution in [0.3, 0.4) is 0 Å². The van der Waals surface area contributed by atoms with Gasteiger partial charge in [0.1, 0.15) is 23.7 Å². The van der Waals surface area contributed by atoms with E-state index in [-0.39, 0.29) is 6.42 Å². The minimum Gasteiger partial charge on any atom is -0.394 e. The second kappa shape index (κ2) is 5.04. The largest absolute Gasteiger partial charge is 0.421 e. The molecule has 10 heteroatoms. The third-order valence-electron chi connectivity index (χ3n) is 2.98. The van der Waals surface area contributed by atoms with Gasteiger partial charge in [-0.2, -0.15) is 18.2 Å². The minimum absolute atomic E-state index is 0.131. The van der Waals surface area contributed by atoms with Crippen molar-refractivity contribution >= 4 is 5.82 Å². The van der Waals surface area contributed by atoms with Crippen molar-refractivity contribution in [3.63, 3.8) is 0 Å². The number of anilines is 1. The van der Waals surface area contributed by atoms with Gasteiger partial charge in [-0.15, -0.1) is 0 Å². The summed E-state index contributed by atoms with van der Waals surface area (Å²) in [6, 6.07) is 0. The van der Waals surface area contributed by atoms with Gasteiger partial charge < -0.3 is 20.7 Å². The predicted octanol–water partition coefficient (Wildman–Crippen LogP) is -0.515. The predicted molar refractivity (Wildman–Crippen MR) is 59.5 cm³/mol. The number of nitrogens with zero attached hydrogens (tertiary/aromatic N) is 2. The van der Waals surface area contributed by atoms with Gasteiger partial charge >= 0.3 is 11.9 Å². The Hall–Kier alpha value is -1.65. The average Bonchev–Trinajstić information content (AvgIpc) is 2.68. The topological polar surface area (TPSA) is 111 Å². The molecule has 1 aliphatic rings. The molecule has 0 spiro atoms. The third-order valence-corrected chi connectivity index (χ3v) is 2.98. The number of aliphatic hydroxyl groups excluding tert-OH is 2. The molecule has 0 radical (unpaired) electrons. The molecule has 20 heavy (non-hydrogen) atoms. The summed E-state index contributed by atoms with van der Waals surface area (Å²) in [5, 5.41) is 18.4. The number of halogens is 3. The van der Waals surface area contributed by atoms with E-state index in [9.17, 15) is 23.1 Å². The first kappa shape index (κ1) is 14.8. The molecule has 1 aromatic rings. The lowest BCUT2D eigenvalue weighted by molar-refractivity contribution is -0.138. The van der Waals surface area contributed by atoms with Crippen molar-refractivity contribution in [3.8, 4) is 0 Å². The molecular weight excluding hydrogens is 283 g/mol. The number of nitrogens with two attached hydrogens (primary N) is 1. The van der Waals surface area contributed by atoms with Crippen LogP contribution in [0.25, 0.3) is 0 Å². The van der Waals surface area contributed by atoms with Crippen molar-refractivity contribution in [3.05, 3.63) is 22.2 Å². The van der Waals surface area contributed by atoms with E-state index in [1.807, 2.05) is 0 Å². The van der Waals surface area contributed by atoms with E-state index < -0.39 is 48.3 Å². The van der Waals surface area contributed by atoms with Crippen LogP contribution in [0.4, 0.5) is 19.0 Å². The summed E-state index contributed by atoms with van der Waals surface area (Å²) >= 11 is 0. The van der Waals surface area contributed by atoms with Crippen molar-refractivity contribution in [1.29, 1.82) is 0 Å². The molecule has 7 nitrogen and oxygen atoms in total. The van der Waals surface area contributed by atoms with Crippen LogP contribution in [-0.4, -0.2) is 38.6 Å². The molecule has 2 rings (SSSR count). The number of rotatable bonds is 2. The van der Waals surface area contributed by atoms with E-state index in [2.05, 4.69) is 4.98 Å². The number of aliphatic hydroxyl groups is 2. The Bertz CT molecular complexity index is 560. The van der Waals surface area contributed by atoms with Crippen LogP contribution in [0.15, 0.2) is 11.0 Å². The van der Waals surface area contributed by atoms with Crippen LogP contribution in [0.5, 0.6) is 0 Å². The monoisotopic (exact) mass is 295 g/mol. The Morgan fingerprint density at radius 1 is 1.55 bits per heavy atom. The summed E-state index contributed by atoms with van der Waals surface area (Å²) in [5.74, 6) is -0.920. The lowest BCUT2D eigenvalue weighted by Gasteiger charge is -2.17. The number of hydrogen-bond donors (Lipinski definition) is 3. The summed E-state index contributed by atoms with van der Waals surface area (Å²) in [4.78, 5) is 14.7. The average molecular weight is 295 g/mol. The normalized spacial score (nSPS) is 26.9. The highest BCUT2D eigenvalue weighted by Crippen LogP contribution is 2.33. The molecule has 1 aromatic heterocycles. The molecular formula is C10H12F3N3O4. The van der Waals surface area contributed by atoms with Gasteiger partial charge in [-0.25, -0.2) is 4.79 Å². The maximum atomic E-state index is 12.7. The van der Waals surface area contributed by atoms with Crippen LogP contribution in [0.1, 0.15) is 18.2 Å². The molecule has 0 aliphatic carbocycles. The first-order valence-electron chi connectivity index (χ1n) is 5.64. The first-order chi connectivity index (χ1) is 9.24. The molecule has 4 N–H and O–H groups in total. The van der Waals surface area contributed by atoms with Gasteiger partial charge in [-0.3, -0.25) is 4.57 Å². The zero-order valence-corrected chi connectivity index (χ0v) is 10.0. The SMILES string of the molecule is Nc1nc(=O)n([C@@H]2C[C@@H](O)[C@H](CO)O2)cc1C(F)(F)F. The van der Waals surface area contributed by atoms with E-state index in [1.165, 1.54) is 0 Å². The zero-order valence-electron chi connectivity index (χ0n) is 10.0. The van der Waals surface area contributed by atoms with E-state index in [0.29, 0.717) is 10.8 Å². The fourth-order valence-electron chi connectivity index (χ4n) is 1.96. The Kier molecular flexibility index (Phi) is 3.71. The molecule has 0 amide bonds. The lowest BCUT2D eigenvalue weighted by Crippen LogP contribution is -2.30. The second-order valence-electron chi connectivity index (χ2n) is 4.34. The molecule has 1 saturated heterocycles. The molecule has 0 bridgehead atoms. The molecule has 2 heterocycles. The Balaban J connectivity index is 2.41. The third kappa shape index (κ3) is 2.62. The number of alkyl halides is 3. The van der Waals surface area contributed by atoms with E-state index in [1.54, 1.807) is 0 Å². The molecule has 0 saturated carbocycles. The van der Waals surface area contributed by atoms with Crippen molar-refractivity contribution in [2.75, 3.05) is 12.3 Å². The molecule has 1 aliphatic heterocycles. The van der Waals surface area contributed by atoms with Gasteiger partial charge in [0.2, 0.25) is 0 Å². The van der Waals surface area contributed by atoms with E-state index in [0.717, 1.165) is 0 Å². The highest BCUT2D eigenvalue weighted by Gasteiger charge is 2.38. The minimum atomic E-state index is -4.76. The summed E-state index contributed by atoms with van der Waals surface area (Å²) in [6.45, 7) is -0.513. The molecule has 1 fully saturated rings. The first-order valence-corrected chi connectivity index (χ1v) is 5.64. The van der Waals surface area contributed by atoms with Gasteiger partial charge in [0.05, 0.1) is 12.7 Å². The highest BCUT2D eigenvalue weighted by atomic mass is 19.4. The molecule has 0 aromatic carbocycles. The second-order valence-corrected chi connectivity index (χ2v) is 4.34. The van der Waals surface area contributed by atoms with Crippen LogP contribution in [0, 0.1) is 0 Å². The summed E-state index contributed by atoms with van der Waals surface area (Å²) in [5.41, 5.74) is 2.80. The maximum absolute atomic E-state index is 12.7. The number of aromatic nitrogens is 2. The lowest BCUT2D eigenvalue weighted by atomic mass is 10.2. The van der Waals surface area contributed by atoms with Gasteiger partial charge in [0.15, 0.2) is 0 Å². The Morgan fingerprint density at radius 2 is 2.20 bits per heavy atom. The quantitative estimate of drug-likeness (QED) is 0.677. The summed E-state index contributed by atoms with van der Waals surface area (Å²) in [6.07, 6.45) is -7.57. The fraction of sp³-hybridized carbons (Fsp3) is 0.600. The smallest absolute Gasteiger partial charge is 0.394 e. The fourth-order valence-corrected chi connectivity index (χ4v) is 1.96. The van der Waals surface area contributed by atoms with E-state index >= 15 is 0 Å². The summed E-state index contributed by atoms with van der Waals surface area (Å²) < 4.78 is 43.8. The zero-order chi connectivity index (χ0) is 15.1. The van der Waals surface area contributed by atoms with Crippen LogP contribution in [0.2, 0.25) is 0 Å². The summed E-state index contributed by atoms with van der Waals surface area (Å²) in [7, 11) is 0.